The fourth-order valence-electron chi connectivity index (χ4n) is 3.70. The summed E-state index contributed by atoms with van der Waals surface area (Å²) in [7, 11) is 3.89. The third kappa shape index (κ3) is 4.04. The fraction of sp³-hybridized carbons (Fsp3) is 0.333. The first-order valence-electron chi connectivity index (χ1n) is 9.84. The van der Waals surface area contributed by atoms with E-state index in [4.69, 9.17) is 0 Å². The number of hydrogen-bond donors (Lipinski definition) is 1. The number of aliphatic hydroxyl groups excluding tert-OH is 1. The van der Waals surface area contributed by atoms with E-state index in [-0.39, 0.29) is 23.7 Å². The van der Waals surface area contributed by atoms with E-state index in [0.717, 1.165) is 16.8 Å². The number of ketones is 1. The molecule has 0 saturated carbocycles. The van der Waals surface area contributed by atoms with Crippen molar-refractivity contribution in [1.29, 1.82) is 0 Å². The van der Waals surface area contributed by atoms with Gasteiger partial charge in [0.2, 0.25) is 0 Å². The number of rotatable bonds is 6. The van der Waals surface area contributed by atoms with E-state index < -0.39 is 17.7 Å². The maximum atomic E-state index is 13.0. The molecule has 152 valence electrons. The largest absolute Gasteiger partial charge is 0.503 e. The Morgan fingerprint density at radius 2 is 1.79 bits per heavy atom. The van der Waals surface area contributed by atoms with Crippen molar-refractivity contribution < 1.29 is 14.7 Å². The van der Waals surface area contributed by atoms with E-state index in [2.05, 4.69) is 0 Å². The third-order valence-corrected chi connectivity index (χ3v) is 5.10. The van der Waals surface area contributed by atoms with Gasteiger partial charge >= 0.3 is 0 Å². The van der Waals surface area contributed by atoms with Crippen molar-refractivity contribution in [1.82, 2.24) is 0 Å². The Bertz CT molecular complexity index is 958. The van der Waals surface area contributed by atoms with Crippen LogP contribution in [0.5, 0.6) is 0 Å². The van der Waals surface area contributed by atoms with Crippen molar-refractivity contribution in [2.45, 2.75) is 33.2 Å². The molecule has 1 aliphatic rings. The van der Waals surface area contributed by atoms with Crippen molar-refractivity contribution >= 4 is 23.1 Å². The zero-order valence-corrected chi connectivity index (χ0v) is 17.6. The predicted molar refractivity (Wildman–Crippen MR) is 116 cm³/mol. The van der Waals surface area contributed by atoms with Gasteiger partial charge in [-0.3, -0.25) is 14.5 Å². The van der Waals surface area contributed by atoms with Gasteiger partial charge in [-0.25, -0.2) is 0 Å². The minimum Gasteiger partial charge on any atom is -0.503 e. The summed E-state index contributed by atoms with van der Waals surface area (Å²) in [6.07, 6.45) is 0.280. The van der Waals surface area contributed by atoms with Gasteiger partial charge in [0.05, 0.1) is 11.6 Å². The van der Waals surface area contributed by atoms with Crippen LogP contribution in [0.25, 0.3) is 0 Å². The van der Waals surface area contributed by atoms with Crippen LogP contribution in [-0.2, 0) is 9.59 Å². The Balaban J connectivity index is 2.12. The fourth-order valence-corrected chi connectivity index (χ4v) is 3.70. The molecule has 1 unspecified atom stereocenters. The number of hydrogen-bond acceptors (Lipinski definition) is 4. The molecule has 0 aliphatic carbocycles. The van der Waals surface area contributed by atoms with Crippen molar-refractivity contribution in [2.75, 3.05) is 23.9 Å². The van der Waals surface area contributed by atoms with Crippen LogP contribution < -0.4 is 9.80 Å². The van der Waals surface area contributed by atoms with Crippen LogP contribution in [0.15, 0.2) is 59.9 Å². The van der Waals surface area contributed by atoms with Gasteiger partial charge in [0.15, 0.2) is 11.5 Å². The molecular formula is C24H28N2O3. The first-order valence-corrected chi connectivity index (χ1v) is 9.84. The van der Waals surface area contributed by atoms with Crippen LogP contribution in [0.1, 0.15) is 37.4 Å². The predicted octanol–water partition coefficient (Wildman–Crippen LogP) is 4.58. The molecule has 3 rings (SSSR count). The second kappa shape index (κ2) is 8.11. The Labute approximate surface area is 172 Å². The third-order valence-electron chi connectivity index (χ3n) is 5.10. The average molecular weight is 392 g/mol. The van der Waals surface area contributed by atoms with Crippen LogP contribution >= 0.6 is 0 Å². The smallest absolute Gasteiger partial charge is 0.294 e. The lowest BCUT2D eigenvalue weighted by molar-refractivity contribution is -0.118. The number of carbonyl (C=O) groups excluding carboxylic acids is 2. The topological polar surface area (TPSA) is 60.9 Å². The van der Waals surface area contributed by atoms with Crippen molar-refractivity contribution in [3.8, 4) is 0 Å². The summed E-state index contributed by atoms with van der Waals surface area (Å²) >= 11 is 0. The normalized spacial score (nSPS) is 16.7. The Kier molecular flexibility index (Phi) is 5.78. The molecule has 2 aromatic carbocycles. The molecular weight excluding hydrogens is 364 g/mol. The highest BCUT2D eigenvalue weighted by Gasteiger charge is 2.44. The van der Waals surface area contributed by atoms with Gasteiger partial charge in [-0.05, 0) is 42.7 Å². The number of aryl methyl sites for hydroxylation is 1. The summed E-state index contributed by atoms with van der Waals surface area (Å²) in [4.78, 5) is 29.5. The van der Waals surface area contributed by atoms with Gasteiger partial charge < -0.3 is 10.0 Å². The zero-order chi connectivity index (χ0) is 21.3. The molecule has 1 N–H and O–H groups in total. The standard InChI is InChI=1S/C24H28N2O3/c1-15(2)13-20(27)21-22(17-8-6-7-16(3)14-17)26(24(29)23(21)28)19-11-9-18(10-12-19)25(4)5/h6-12,14-15,22,28H,13H2,1-5H3. The second-order valence-corrected chi connectivity index (χ2v) is 8.19. The summed E-state index contributed by atoms with van der Waals surface area (Å²) in [5.74, 6) is -1.05. The van der Waals surface area contributed by atoms with Gasteiger partial charge in [0, 0.05) is 31.9 Å². The van der Waals surface area contributed by atoms with E-state index >= 15 is 0 Å². The highest BCUT2D eigenvalue weighted by atomic mass is 16.3. The zero-order valence-electron chi connectivity index (χ0n) is 17.6. The SMILES string of the molecule is Cc1cccc(C2C(C(=O)CC(C)C)=C(O)C(=O)N2c2ccc(N(C)C)cc2)c1. The first kappa shape index (κ1) is 20.6. The molecule has 1 aliphatic heterocycles. The number of nitrogens with zero attached hydrogens (tertiary/aromatic N) is 2. The van der Waals surface area contributed by atoms with Crippen molar-refractivity contribution in [2.24, 2.45) is 5.92 Å². The average Bonchev–Trinajstić information content (AvgIpc) is 2.92. The molecule has 0 saturated heterocycles. The summed E-state index contributed by atoms with van der Waals surface area (Å²) in [6, 6.07) is 14.6. The summed E-state index contributed by atoms with van der Waals surface area (Å²) in [6.45, 7) is 5.87. The van der Waals surface area contributed by atoms with Crippen molar-refractivity contribution in [3.63, 3.8) is 0 Å². The molecule has 0 spiro atoms. The summed E-state index contributed by atoms with van der Waals surface area (Å²) in [5.41, 5.74) is 3.67. The molecule has 1 heterocycles. The molecule has 0 radical (unpaired) electrons. The second-order valence-electron chi connectivity index (χ2n) is 8.19. The van der Waals surface area contributed by atoms with Crippen LogP contribution in [-0.4, -0.2) is 30.9 Å². The number of amides is 1. The lowest BCUT2D eigenvalue weighted by Crippen LogP contribution is -2.31. The summed E-state index contributed by atoms with van der Waals surface area (Å²) < 4.78 is 0. The Hall–Kier alpha value is -3.08. The van der Waals surface area contributed by atoms with Gasteiger partial charge in [-0.15, -0.1) is 0 Å². The molecule has 2 aromatic rings. The monoisotopic (exact) mass is 392 g/mol. The molecule has 29 heavy (non-hydrogen) atoms. The van der Waals surface area contributed by atoms with Gasteiger partial charge in [0.1, 0.15) is 0 Å². The van der Waals surface area contributed by atoms with E-state index in [1.807, 2.05) is 88.3 Å². The van der Waals surface area contributed by atoms with E-state index in [9.17, 15) is 14.7 Å². The number of anilines is 2. The van der Waals surface area contributed by atoms with Gasteiger partial charge in [-0.2, -0.15) is 0 Å². The van der Waals surface area contributed by atoms with Crippen LogP contribution in [0.4, 0.5) is 11.4 Å². The van der Waals surface area contributed by atoms with E-state index in [0.29, 0.717) is 5.69 Å². The van der Waals surface area contributed by atoms with Crippen LogP contribution in [0.3, 0.4) is 0 Å². The quantitative estimate of drug-likeness (QED) is 0.782. The molecule has 1 atom stereocenters. The van der Waals surface area contributed by atoms with Crippen LogP contribution in [0.2, 0.25) is 0 Å². The molecule has 1 amide bonds. The maximum Gasteiger partial charge on any atom is 0.294 e. The minimum atomic E-state index is -0.640. The molecule has 5 heteroatoms. The molecule has 0 fully saturated rings. The number of aliphatic hydroxyl groups is 1. The Morgan fingerprint density at radius 1 is 1.14 bits per heavy atom. The molecule has 0 aromatic heterocycles. The van der Waals surface area contributed by atoms with Crippen molar-refractivity contribution in [3.05, 3.63) is 71.0 Å². The lowest BCUT2D eigenvalue weighted by Gasteiger charge is -2.28. The summed E-state index contributed by atoms with van der Waals surface area (Å²) in [5, 5.41) is 10.7. The maximum absolute atomic E-state index is 13.0. The number of benzene rings is 2. The van der Waals surface area contributed by atoms with Gasteiger partial charge in [0.25, 0.3) is 5.91 Å². The first-order chi connectivity index (χ1) is 13.7. The highest BCUT2D eigenvalue weighted by Crippen LogP contribution is 2.42. The molecule has 0 bridgehead atoms. The number of carbonyl (C=O) groups is 2. The van der Waals surface area contributed by atoms with E-state index in [1.165, 1.54) is 4.90 Å². The number of Topliss-reactive ketones (excluding diaryl/α,β-unsaturated/α-hetero) is 1. The molecule has 5 nitrogen and oxygen atoms in total. The lowest BCUT2D eigenvalue weighted by atomic mass is 9.91. The Morgan fingerprint density at radius 3 is 2.34 bits per heavy atom. The van der Waals surface area contributed by atoms with Crippen LogP contribution in [0, 0.1) is 12.8 Å². The minimum absolute atomic E-state index is 0.129. The highest BCUT2D eigenvalue weighted by molar-refractivity contribution is 6.16. The van der Waals surface area contributed by atoms with Gasteiger partial charge in [-0.1, -0.05) is 43.7 Å². The van der Waals surface area contributed by atoms with E-state index in [1.54, 1.807) is 0 Å².